The Labute approximate surface area is 58.9 Å². The number of carbonyl (C=O) groups is 2. The van der Waals surface area contributed by atoms with Crippen LogP contribution in [0.15, 0.2) is 12.7 Å². The molecule has 0 radical (unpaired) electrons. The zero-order valence-corrected chi connectivity index (χ0v) is 5.72. The molecule has 10 heavy (non-hydrogen) atoms. The highest BCUT2D eigenvalue weighted by Crippen LogP contribution is 1.70. The van der Waals surface area contributed by atoms with Gasteiger partial charge in [-0.05, 0) is 6.08 Å². The Balaban J connectivity index is 3.44. The molecule has 0 aliphatic carbocycles. The number of amides is 1. The van der Waals surface area contributed by atoms with E-state index in [1.807, 2.05) is 0 Å². The molecule has 0 aliphatic rings. The molecule has 1 N–H and O–H groups in total. The lowest BCUT2D eigenvalue weighted by Crippen LogP contribution is -2.28. The summed E-state index contributed by atoms with van der Waals surface area (Å²) in [6.45, 7) is 3.09. The summed E-state index contributed by atoms with van der Waals surface area (Å²) < 4.78 is 4.26. The molecule has 0 bridgehead atoms. The van der Waals surface area contributed by atoms with E-state index in [2.05, 4.69) is 16.6 Å². The van der Waals surface area contributed by atoms with Gasteiger partial charge in [-0.3, -0.25) is 9.59 Å². The molecular weight excluding hydrogens is 134 g/mol. The zero-order valence-electron chi connectivity index (χ0n) is 5.72. The van der Waals surface area contributed by atoms with Gasteiger partial charge in [-0.15, -0.1) is 0 Å². The van der Waals surface area contributed by atoms with Crippen molar-refractivity contribution in [1.82, 2.24) is 5.32 Å². The second-order valence-corrected chi connectivity index (χ2v) is 1.50. The summed E-state index contributed by atoms with van der Waals surface area (Å²) in [4.78, 5) is 20.8. The average Bonchev–Trinajstić information content (AvgIpc) is 1.99. The van der Waals surface area contributed by atoms with Crippen LogP contribution in [0.25, 0.3) is 0 Å². The highest BCUT2D eigenvalue weighted by Gasteiger charge is 1.99. The summed E-state index contributed by atoms with van der Waals surface area (Å²) in [5.74, 6) is -0.861. The fourth-order valence-electron chi connectivity index (χ4n) is 0.304. The monoisotopic (exact) mass is 143 g/mol. The predicted octanol–water partition coefficient (Wildman–Crippen LogP) is -0.538. The number of esters is 1. The fourth-order valence-corrected chi connectivity index (χ4v) is 0.304. The summed E-state index contributed by atoms with van der Waals surface area (Å²) in [5, 5.41) is 2.25. The Hall–Kier alpha value is -1.32. The van der Waals surface area contributed by atoms with Crippen molar-refractivity contribution in [2.75, 3.05) is 13.7 Å². The molecule has 56 valence electrons. The Morgan fingerprint density at radius 2 is 2.30 bits per heavy atom. The number of methoxy groups -OCH3 is 1. The van der Waals surface area contributed by atoms with E-state index in [9.17, 15) is 9.59 Å². The largest absolute Gasteiger partial charge is 0.468 e. The number of ether oxygens (including phenoxy) is 1. The molecule has 0 saturated carbocycles. The molecule has 4 heteroatoms. The summed E-state index contributed by atoms with van der Waals surface area (Å²) in [6.07, 6.45) is 1.09. The zero-order chi connectivity index (χ0) is 7.98. The quantitative estimate of drug-likeness (QED) is 0.426. The molecular formula is C6H9NO3. The lowest BCUT2D eigenvalue weighted by molar-refractivity contribution is -0.140. The molecule has 0 aliphatic heterocycles. The molecule has 4 nitrogen and oxygen atoms in total. The van der Waals surface area contributed by atoms with Crippen molar-refractivity contribution in [2.45, 2.75) is 0 Å². The van der Waals surface area contributed by atoms with E-state index in [4.69, 9.17) is 0 Å². The van der Waals surface area contributed by atoms with Crippen LogP contribution < -0.4 is 5.32 Å². The maximum Gasteiger partial charge on any atom is 0.325 e. The van der Waals surface area contributed by atoms with E-state index >= 15 is 0 Å². The number of nitrogens with one attached hydrogen (secondary N) is 1. The summed E-state index contributed by atoms with van der Waals surface area (Å²) >= 11 is 0. The Bertz CT molecular complexity index is 153. The van der Waals surface area contributed by atoms with Crippen LogP contribution in [-0.2, 0) is 14.3 Å². The first-order valence-electron chi connectivity index (χ1n) is 2.67. The van der Waals surface area contributed by atoms with Crippen molar-refractivity contribution in [3.63, 3.8) is 0 Å². The van der Waals surface area contributed by atoms with E-state index in [0.717, 1.165) is 6.08 Å². The fraction of sp³-hybridized carbons (Fsp3) is 0.333. The highest BCUT2D eigenvalue weighted by molar-refractivity contribution is 5.89. The second kappa shape index (κ2) is 4.55. The predicted molar refractivity (Wildman–Crippen MR) is 35.2 cm³/mol. The minimum absolute atomic E-state index is 0.110. The lowest BCUT2D eigenvalue weighted by atomic mass is 10.5. The molecule has 0 unspecified atom stereocenters. The van der Waals surface area contributed by atoms with Gasteiger partial charge >= 0.3 is 5.97 Å². The Morgan fingerprint density at radius 3 is 2.70 bits per heavy atom. The van der Waals surface area contributed by atoms with Gasteiger partial charge in [-0.2, -0.15) is 0 Å². The van der Waals surface area contributed by atoms with Crippen molar-refractivity contribution in [2.24, 2.45) is 0 Å². The maximum absolute atomic E-state index is 10.4. The third-order valence-electron chi connectivity index (χ3n) is 0.820. The Kier molecular flexibility index (Phi) is 3.95. The third kappa shape index (κ3) is 3.65. The van der Waals surface area contributed by atoms with Gasteiger partial charge in [0.1, 0.15) is 6.54 Å². The maximum atomic E-state index is 10.4. The smallest absolute Gasteiger partial charge is 0.325 e. The minimum Gasteiger partial charge on any atom is -0.468 e. The van der Waals surface area contributed by atoms with E-state index in [-0.39, 0.29) is 12.5 Å². The number of hydrogen-bond donors (Lipinski definition) is 1. The molecule has 0 atom stereocenters. The topological polar surface area (TPSA) is 55.4 Å². The van der Waals surface area contributed by atoms with Crippen LogP contribution >= 0.6 is 0 Å². The van der Waals surface area contributed by atoms with E-state index < -0.39 is 5.97 Å². The molecule has 0 aromatic rings. The van der Waals surface area contributed by atoms with E-state index in [1.165, 1.54) is 7.11 Å². The van der Waals surface area contributed by atoms with Crippen LogP contribution in [0.2, 0.25) is 0 Å². The summed E-state index contributed by atoms with van der Waals surface area (Å²) in [6, 6.07) is 0. The van der Waals surface area contributed by atoms with Gasteiger partial charge in [0.25, 0.3) is 0 Å². The minimum atomic E-state index is -0.477. The first-order chi connectivity index (χ1) is 4.70. The highest BCUT2D eigenvalue weighted by atomic mass is 16.5. The summed E-state index contributed by atoms with van der Waals surface area (Å²) in [5.41, 5.74) is 0. The number of hydrogen-bond acceptors (Lipinski definition) is 3. The van der Waals surface area contributed by atoms with Crippen LogP contribution in [0, 0.1) is 0 Å². The molecule has 0 aromatic carbocycles. The van der Waals surface area contributed by atoms with Gasteiger partial charge in [0.2, 0.25) is 5.91 Å². The molecule has 0 spiro atoms. The average molecular weight is 143 g/mol. The van der Waals surface area contributed by atoms with E-state index in [0.29, 0.717) is 0 Å². The normalized spacial score (nSPS) is 8.10. The molecule has 0 saturated heterocycles. The molecule has 1 amide bonds. The van der Waals surface area contributed by atoms with Crippen LogP contribution in [-0.4, -0.2) is 25.5 Å². The van der Waals surface area contributed by atoms with Gasteiger partial charge in [0, 0.05) is 0 Å². The van der Waals surface area contributed by atoms with Crippen LogP contribution in [0.4, 0.5) is 0 Å². The molecule has 0 heterocycles. The first kappa shape index (κ1) is 8.68. The van der Waals surface area contributed by atoms with Crippen molar-refractivity contribution < 1.29 is 14.3 Å². The first-order valence-corrected chi connectivity index (χ1v) is 2.67. The molecule has 0 fully saturated rings. The van der Waals surface area contributed by atoms with Crippen LogP contribution in [0.5, 0.6) is 0 Å². The van der Waals surface area contributed by atoms with Crippen LogP contribution in [0.3, 0.4) is 0 Å². The molecule has 0 rings (SSSR count). The lowest BCUT2D eigenvalue weighted by Gasteiger charge is -1.98. The summed E-state index contributed by atoms with van der Waals surface area (Å²) in [7, 11) is 1.25. The van der Waals surface area contributed by atoms with Crippen molar-refractivity contribution in [1.29, 1.82) is 0 Å². The van der Waals surface area contributed by atoms with Gasteiger partial charge in [-0.1, -0.05) is 6.58 Å². The van der Waals surface area contributed by atoms with Gasteiger partial charge in [0.15, 0.2) is 0 Å². The Morgan fingerprint density at radius 1 is 1.70 bits per heavy atom. The van der Waals surface area contributed by atoms with Gasteiger partial charge in [-0.25, -0.2) is 0 Å². The standard InChI is InChI=1S/C6H9NO3/c1-3-5(8)7-4-6(9)10-2/h3H,1,4H2,2H3,(H,7,8). The number of rotatable bonds is 3. The second-order valence-electron chi connectivity index (χ2n) is 1.50. The van der Waals surface area contributed by atoms with Crippen molar-refractivity contribution in [3.8, 4) is 0 Å². The molecule has 0 aromatic heterocycles. The van der Waals surface area contributed by atoms with Gasteiger partial charge < -0.3 is 10.1 Å². The van der Waals surface area contributed by atoms with Gasteiger partial charge in [0.05, 0.1) is 7.11 Å². The van der Waals surface area contributed by atoms with Crippen molar-refractivity contribution >= 4 is 11.9 Å². The third-order valence-corrected chi connectivity index (χ3v) is 0.820. The van der Waals surface area contributed by atoms with Crippen LogP contribution in [0.1, 0.15) is 0 Å². The van der Waals surface area contributed by atoms with Crippen molar-refractivity contribution in [3.05, 3.63) is 12.7 Å². The number of carbonyl (C=O) groups excluding carboxylic acids is 2. The van der Waals surface area contributed by atoms with E-state index in [1.54, 1.807) is 0 Å². The SMILES string of the molecule is C=CC(=O)NCC(=O)OC.